The third kappa shape index (κ3) is 3.46. The maximum atomic E-state index is 13.4. The van der Waals surface area contributed by atoms with Crippen molar-refractivity contribution in [3.8, 4) is 11.5 Å². The van der Waals surface area contributed by atoms with E-state index in [9.17, 15) is 4.39 Å². The van der Waals surface area contributed by atoms with E-state index in [4.69, 9.17) is 26.8 Å². The molecule has 2 rings (SSSR count). The Bertz CT molecular complexity index is 634. The van der Waals surface area contributed by atoms with Crippen molar-refractivity contribution < 1.29 is 13.9 Å². The zero-order valence-electron chi connectivity index (χ0n) is 11.9. The maximum Gasteiger partial charge on any atom is 0.161 e. The minimum atomic E-state index is -0.436. The van der Waals surface area contributed by atoms with Gasteiger partial charge in [-0.15, -0.1) is 0 Å². The van der Waals surface area contributed by atoms with Crippen LogP contribution >= 0.6 is 11.6 Å². The molecule has 0 bridgehead atoms. The van der Waals surface area contributed by atoms with Crippen LogP contribution in [0.1, 0.15) is 17.2 Å². The van der Waals surface area contributed by atoms with Crippen molar-refractivity contribution in [2.75, 3.05) is 14.2 Å². The van der Waals surface area contributed by atoms with Crippen molar-refractivity contribution in [2.45, 2.75) is 12.5 Å². The van der Waals surface area contributed by atoms with Gasteiger partial charge in [-0.3, -0.25) is 0 Å². The summed E-state index contributed by atoms with van der Waals surface area (Å²) < 4.78 is 23.9. The van der Waals surface area contributed by atoms with Crippen LogP contribution in [0.25, 0.3) is 0 Å². The fourth-order valence-electron chi connectivity index (χ4n) is 2.14. The molecule has 0 aliphatic heterocycles. The van der Waals surface area contributed by atoms with Crippen molar-refractivity contribution in [2.24, 2.45) is 5.73 Å². The largest absolute Gasteiger partial charge is 0.493 e. The summed E-state index contributed by atoms with van der Waals surface area (Å²) in [6, 6.07) is 9.87. The summed E-state index contributed by atoms with van der Waals surface area (Å²) in [6.07, 6.45) is 0.437. The van der Waals surface area contributed by atoms with Crippen LogP contribution in [0.5, 0.6) is 11.5 Å². The van der Waals surface area contributed by atoms with Crippen LogP contribution in [-0.4, -0.2) is 14.2 Å². The molecular formula is C16H17ClFNO2. The highest BCUT2D eigenvalue weighted by atomic mass is 35.5. The molecule has 2 aromatic rings. The molecule has 21 heavy (non-hydrogen) atoms. The highest BCUT2D eigenvalue weighted by molar-refractivity contribution is 6.31. The Hall–Kier alpha value is -1.78. The van der Waals surface area contributed by atoms with E-state index in [0.29, 0.717) is 23.5 Å². The molecule has 0 saturated heterocycles. The molecule has 0 fully saturated rings. The zero-order chi connectivity index (χ0) is 15.4. The lowest BCUT2D eigenvalue weighted by Crippen LogP contribution is -2.14. The zero-order valence-corrected chi connectivity index (χ0v) is 12.7. The monoisotopic (exact) mass is 309 g/mol. The third-order valence-corrected chi connectivity index (χ3v) is 3.73. The molecule has 0 heterocycles. The maximum absolute atomic E-state index is 13.4. The van der Waals surface area contributed by atoms with Gasteiger partial charge in [-0.05, 0) is 35.7 Å². The van der Waals surface area contributed by atoms with Crippen molar-refractivity contribution in [3.63, 3.8) is 0 Å². The highest BCUT2D eigenvalue weighted by Gasteiger charge is 2.14. The molecule has 5 heteroatoms. The van der Waals surface area contributed by atoms with Crippen molar-refractivity contribution >= 4 is 11.6 Å². The number of ether oxygens (including phenoxy) is 2. The van der Waals surface area contributed by atoms with E-state index in [1.807, 2.05) is 12.1 Å². The molecule has 1 atom stereocenters. The minimum Gasteiger partial charge on any atom is -0.493 e. The molecule has 112 valence electrons. The Morgan fingerprint density at radius 3 is 2.52 bits per heavy atom. The van der Waals surface area contributed by atoms with Crippen LogP contribution in [0.3, 0.4) is 0 Å². The van der Waals surface area contributed by atoms with E-state index in [1.54, 1.807) is 32.4 Å². The van der Waals surface area contributed by atoms with E-state index < -0.39 is 5.82 Å². The summed E-state index contributed by atoms with van der Waals surface area (Å²) >= 11 is 5.96. The number of benzene rings is 2. The first-order valence-corrected chi connectivity index (χ1v) is 6.85. The van der Waals surface area contributed by atoms with Crippen LogP contribution in [0.4, 0.5) is 4.39 Å². The van der Waals surface area contributed by atoms with Crippen molar-refractivity contribution in [1.82, 2.24) is 0 Å². The fourth-order valence-corrected chi connectivity index (χ4v) is 2.35. The molecule has 0 aliphatic rings. The van der Waals surface area contributed by atoms with Gasteiger partial charge in [-0.1, -0.05) is 29.8 Å². The molecule has 0 radical (unpaired) electrons. The number of methoxy groups -OCH3 is 2. The molecule has 0 aliphatic carbocycles. The first kappa shape index (κ1) is 15.6. The van der Waals surface area contributed by atoms with E-state index in [-0.39, 0.29) is 11.1 Å². The second-order valence-corrected chi connectivity index (χ2v) is 5.02. The number of rotatable bonds is 5. The van der Waals surface area contributed by atoms with Gasteiger partial charge in [0, 0.05) is 6.04 Å². The average molecular weight is 310 g/mol. The lowest BCUT2D eigenvalue weighted by molar-refractivity contribution is 0.354. The Balaban J connectivity index is 2.24. The van der Waals surface area contributed by atoms with Gasteiger partial charge in [-0.2, -0.15) is 0 Å². The molecule has 1 unspecified atom stereocenters. The molecular weight excluding hydrogens is 293 g/mol. The van der Waals surface area contributed by atoms with E-state index in [1.165, 1.54) is 6.07 Å². The Morgan fingerprint density at radius 2 is 1.86 bits per heavy atom. The summed E-state index contributed by atoms with van der Waals surface area (Å²) in [4.78, 5) is 0. The summed E-state index contributed by atoms with van der Waals surface area (Å²) in [5.74, 6) is 0.807. The smallest absolute Gasteiger partial charge is 0.161 e. The van der Waals surface area contributed by atoms with Crippen LogP contribution < -0.4 is 15.2 Å². The molecule has 3 nitrogen and oxygen atoms in total. The molecule has 0 spiro atoms. The highest BCUT2D eigenvalue weighted by Crippen LogP contribution is 2.31. The van der Waals surface area contributed by atoms with Crippen LogP contribution in [0, 0.1) is 5.82 Å². The topological polar surface area (TPSA) is 44.5 Å². The number of nitrogens with two attached hydrogens (primary N) is 1. The normalized spacial score (nSPS) is 12.0. The van der Waals surface area contributed by atoms with Gasteiger partial charge in [0.05, 0.1) is 19.2 Å². The van der Waals surface area contributed by atoms with Gasteiger partial charge in [-0.25, -0.2) is 4.39 Å². The Morgan fingerprint density at radius 1 is 1.14 bits per heavy atom. The molecule has 2 aromatic carbocycles. The Labute approximate surface area is 128 Å². The lowest BCUT2D eigenvalue weighted by Gasteiger charge is -2.16. The van der Waals surface area contributed by atoms with Gasteiger partial charge in [0.2, 0.25) is 0 Å². The predicted molar refractivity (Wildman–Crippen MR) is 81.6 cm³/mol. The standard InChI is InChI=1S/C16H17ClFNO2/c1-20-14-7-6-10(9-15(14)21-2)13(19)8-11-4-3-5-12(18)16(11)17/h3-7,9,13H,8,19H2,1-2H3. The molecule has 2 N–H and O–H groups in total. The first-order chi connectivity index (χ1) is 10.1. The SMILES string of the molecule is COc1ccc(C(N)Cc2cccc(F)c2Cl)cc1OC. The first-order valence-electron chi connectivity index (χ1n) is 6.47. The number of hydrogen-bond acceptors (Lipinski definition) is 3. The van der Waals surface area contributed by atoms with Gasteiger partial charge >= 0.3 is 0 Å². The lowest BCUT2D eigenvalue weighted by atomic mass is 9.99. The quantitative estimate of drug-likeness (QED) is 0.915. The van der Waals surface area contributed by atoms with Gasteiger partial charge in [0.1, 0.15) is 5.82 Å². The third-order valence-electron chi connectivity index (χ3n) is 3.31. The molecule has 0 aromatic heterocycles. The van der Waals surface area contributed by atoms with Crippen molar-refractivity contribution in [3.05, 3.63) is 58.4 Å². The number of hydrogen-bond donors (Lipinski definition) is 1. The van der Waals surface area contributed by atoms with Crippen LogP contribution in [0.15, 0.2) is 36.4 Å². The summed E-state index contributed by atoms with van der Waals surface area (Å²) in [5, 5.41) is 0.119. The summed E-state index contributed by atoms with van der Waals surface area (Å²) in [5.41, 5.74) is 7.73. The van der Waals surface area contributed by atoms with E-state index in [2.05, 4.69) is 0 Å². The molecule has 0 saturated carbocycles. The minimum absolute atomic E-state index is 0.119. The van der Waals surface area contributed by atoms with E-state index in [0.717, 1.165) is 5.56 Å². The fraction of sp³-hybridized carbons (Fsp3) is 0.250. The van der Waals surface area contributed by atoms with Crippen LogP contribution in [-0.2, 0) is 6.42 Å². The molecule has 0 amide bonds. The predicted octanol–water partition coefficient (Wildman–Crippen LogP) is 3.74. The second kappa shape index (κ2) is 6.78. The van der Waals surface area contributed by atoms with Crippen molar-refractivity contribution in [1.29, 1.82) is 0 Å². The summed E-state index contributed by atoms with van der Waals surface area (Å²) in [7, 11) is 3.14. The summed E-state index contributed by atoms with van der Waals surface area (Å²) in [6.45, 7) is 0. The number of halogens is 2. The van der Waals surface area contributed by atoms with Gasteiger partial charge in [0.15, 0.2) is 11.5 Å². The van der Waals surface area contributed by atoms with E-state index >= 15 is 0 Å². The van der Waals surface area contributed by atoms with Gasteiger partial charge in [0.25, 0.3) is 0 Å². The van der Waals surface area contributed by atoms with Crippen LogP contribution in [0.2, 0.25) is 5.02 Å². The second-order valence-electron chi connectivity index (χ2n) is 4.64. The average Bonchev–Trinajstić information content (AvgIpc) is 2.51. The van der Waals surface area contributed by atoms with Gasteiger partial charge < -0.3 is 15.2 Å². The Kier molecular flexibility index (Phi) is 5.04.